The van der Waals surface area contributed by atoms with Gasteiger partial charge in [-0.15, -0.1) is 34.9 Å². The van der Waals surface area contributed by atoms with Gasteiger partial charge in [0.25, 0.3) is 5.91 Å². The van der Waals surface area contributed by atoms with Crippen molar-refractivity contribution in [3.05, 3.63) is 67.8 Å². The summed E-state index contributed by atoms with van der Waals surface area (Å²) >= 11 is 8.50. The number of amides is 2. The second kappa shape index (κ2) is 8.43. The van der Waals surface area contributed by atoms with Gasteiger partial charge in [-0.1, -0.05) is 24.8 Å². The molecule has 0 radical (unpaired) electrons. The summed E-state index contributed by atoms with van der Waals surface area (Å²) in [6, 6.07) is 3.08. The van der Waals surface area contributed by atoms with E-state index in [1.165, 1.54) is 39.8 Å². The Morgan fingerprint density at radius 1 is 1.35 bits per heavy atom. The van der Waals surface area contributed by atoms with Crippen molar-refractivity contribution in [2.45, 2.75) is 22.4 Å². The van der Waals surface area contributed by atoms with Crippen molar-refractivity contribution in [1.82, 2.24) is 10.2 Å². The average Bonchev–Trinajstić information content (AvgIpc) is 3.42. The number of carbonyl (C=O) groups excluding carboxylic acids is 3. The third-order valence-corrected chi connectivity index (χ3v) is 10.5. The first-order valence-electron chi connectivity index (χ1n) is 9.32. The number of rotatable bonds is 5. The molecule has 4 aliphatic rings. The first-order chi connectivity index (χ1) is 14.9. The lowest BCUT2D eigenvalue weighted by Gasteiger charge is -2.50. The average molecular weight is 509 g/mol. The highest BCUT2D eigenvalue weighted by molar-refractivity contribution is 8.14. The molecule has 0 aromatic carbocycles. The second-order valence-corrected chi connectivity index (χ2v) is 12.4. The summed E-state index contributed by atoms with van der Waals surface area (Å²) in [7, 11) is -1.22. The van der Waals surface area contributed by atoms with Gasteiger partial charge in [-0.25, -0.2) is 0 Å². The van der Waals surface area contributed by atoms with Crippen LogP contribution in [0.1, 0.15) is 4.88 Å². The fourth-order valence-electron chi connectivity index (χ4n) is 3.85. The van der Waals surface area contributed by atoms with Crippen LogP contribution in [0.4, 0.5) is 0 Å². The van der Waals surface area contributed by atoms with Crippen molar-refractivity contribution in [1.29, 1.82) is 0 Å². The molecular formula is C20H16N2O4S5. The van der Waals surface area contributed by atoms with E-state index in [1.54, 1.807) is 5.41 Å². The van der Waals surface area contributed by atoms with Crippen LogP contribution in [0.2, 0.25) is 0 Å². The molecule has 6 nitrogen and oxygen atoms in total. The number of carbonyl (C=O) groups is 3. The molecule has 160 valence electrons. The molecule has 1 aromatic heterocycles. The number of thiol groups is 1. The Balaban J connectivity index is 1.39. The van der Waals surface area contributed by atoms with Crippen molar-refractivity contribution >= 4 is 75.2 Å². The quantitative estimate of drug-likeness (QED) is 0.470. The van der Waals surface area contributed by atoms with Gasteiger partial charge in [-0.2, -0.15) is 0 Å². The zero-order chi connectivity index (χ0) is 21.7. The van der Waals surface area contributed by atoms with Gasteiger partial charge >= 0.3 is 0 Å². The smallest absolute Gasteiger partial charge is 0.253 e. The van der Waals surface area contributed by atoms with Gasteiger partial charge in [-0.3, -0.25) is 23.5 Å². The predicted molar refractivity (Wildman–Crippen MR) is 129 cm³/mol. The summed E-state index contributed by atoms with van der Waals surface area (Å²) in [5, 5.41) is 7.41. The van der Waals surface area contributed by atoms with Crippen molar-refractivity contribution in [3.63, 3.8) is 0 Å². The summed E-state index contributed by atoms with van der Waals surface area (Å²) in [6.07, 6.45) is 4.08. The number of β-lactam (4-membered cyclic amide) rings is 1. The molecule has 2 amide bonds. The zero-order valence-electron chi connectivity index (χ0n) is 15.8. The fraction of sp³-hybridized carbons (Fsp3) is 0.250. The van der Waals surface area contributed by atoms with E-state index in [-0.39, 0.29) is 33.9 Å². The summed E-state index contributed by atoms with van der Waals surface area (Å²) in [6.45, 7) is 0. The molecule has 0 aliphatic carbocycles. The van der Waals surface area contributed by atoms with Gasteiger partial charge in [-0.05, 0) is 39.6 Å². The minimum atomic E-state index is -1.22. The van der Waals surface area contributed by atoms with Crippen LogP contribution in [0.25, 0.3) is 0 Å². The molecule has 3 unspecified atom stereocenters. The molecule has 11 heteroatoms. The van der Waals surface area contributed by atoms with E-state index >= 15 is 0 Å². The molecule has 4 atom stereocenters. The minimum Gasteiger partial charge on any atom is -0.341 e. The van der Waals surface area contributed by atoms with Crippen LogP contribution in [0.3, 0.4) is 0 Å². The Hall–Kier alpha value is -1.53. The number of nitrogens with zero attached hydrogens (tertiary/aromatic N) is 1. The van der Waals surface area contributed by atoms with Gasteiger partial charge in [0.2, 0.25) is 11.0 Å². The molecule has 0 bridgehead atoms. The summed E-state index contributed by atoms with van der Waals surface area (Å²) < 4.78 is 12.5. The lowest BCUT2D eigenvalue weighted by Crippen LogP contribution is -2.70. The summed E-state index contributed by atoms with van der Waals surface area (Å²) in [5.74, 6) is -0.0888. The standard InChI is InChI=1S/C20H16N2O4S5/c23-14(7-12-2-1-4-28-12)21-15-17(24)22-16(19(25)27)13(8-30-18(15)22)11-6-10-3-5-29-20(10)31(26)9-11/h1-6,9,15,18,20H,7-8H2,(H,21,23)(H,25,27)/t15?,18-,20?,31?/m1/s1. The normalized spacial score (nSPS) is 29.1. The molecule has 0 saturated carbocycles. The van der Waals surface area contributed by atoms with E-state index in [1.807, 2.05) is 35.1 Å². The predicted octanol–water partition coefficient (Wildman–Crippen LogP) is 2.56. The fourth-order valence-corrected chi connectivity index (χ4v) is 8.65. The molecule has 1 aromatic rings. The minimum absolute atomic E-state index is 0.114. The Morgan fingerprint density at radius 3 is 2.94 bits per heavy atom. The van der Waals surface area contributed by atoms with Crippen LogP contribution in [-0.2, 0) is 31.6 Å². The molecule has 0 spiro atoms. The number of allylic oxidation sites excluding steroid dienone is 3. The van der Waals surface area contributed by atoms with Crippen LogP contribution in [0.5, 0.6) is 0 Å². The molecule has 1 fully saturated rings. The van der Waals surface area contributed by atoms with Crippen molar-refractivity contribution in [2.24, 2.45) is 0 Å². The SMILES string of the molecule is O=C(Cc1cccs1)NC1C(=O)N2C(C(=O)S)=C(C3=CS(=O)C4SC=CC4=C3)CS[C@H]12. The number of hydrogen-bond donors (Lipinski definition) is 2. The highest BCUT2D eigenvalue weighted by Gasteiger charge is 2.54. The lowest BCUT2D eigenvalue weighted by atomic mass is 9.98. The first-order valence-corrected chi connectivity index (χ1v) is 13.9. The van der Waals surface area contributed by atoms with Crippen LogP contribution < -0.4 is 5.32 Å². The zero-order valence-corrected chi connectivity index (χ0v) is 20.0. The van der Waals surface area contributed by atoms with E-state index in [2.05, 4.69) is 17.9 Å². The highest BCUT2D eigenvalue weighted by Crippen LogP contribution is 2.45. The number of nitrogens with one attached hydrogen (secondary N) is 1. The molecule has 1 N–H and O–H groups in total. The maximum atomic E-state index is 12.9. The van der Waals surface area contributed by atoms with Crippen LogP contribution in [0.15, 0.2) is 62.9 Å². The molecular weight excluding hydrogens is 493 g/mol. The number of fused-ring (bicyclic) bond motifs is 2. The summed E-state index contributed by atoms with van der Waals surface area (Å²) in [5.41, 5.74) is 2.51. The molecule has 5 heterocycles. The molecule has 4 aliphatic heterocycles. The largest absolute Gasteiger partial charge is 0.341 e. The van der Waals surface area contributed by atoms with E-state index in [4.69, 9.17) is 0 Å². The Labute approximate surface area is 199 Å². The van der Waals surface area contributed by atoms with Gasteiger partial charge < -0.3 is 5.32 Å². The Kier molecular flexibility index (Phi) is 5.80. The van der Waals surface area contributed by atoms with E-state index < -0.39 is 22.0 Å². The summed E-state index contributed by atoms with van der Waals surface area (Å²) in [4.78, 5) is 40.0. The second-order valence-electron chi connectivity index (χ2n) is 7.16. The lowest BCUT2D eigenvalue weighted by molar-refractivity contribution is -0.146. The van der Waals surface area contributed by atoms with Crippen molar-refractivity contribution in [2.75, 3.05) is 5.75 Å². The van der Waals surface area contributed by atoms with E-state index in [9.17, 15) is 18.6 Å². The van der Waals surface area contributed by atoms with E-state index in [0.29, 0.717) is 16.9 Å². The van der Waals surface area contributed by atoms with Crippen molar-refractivity contribution < 1.29 is 18.6 Å². The van der Waals surface area contributed by atoms with Gasteiger partial charge in [0.1, 0.15) is 21.7 Å². The van der Waals surface area contributed by atoms with Gasteiger partial charge in [0, 0.05) is 16.0 Å². The number of thiophene rings is 1. The molecule has 31 heavy (non-hydrogen) atoms. The third kappa shape index (κ3) is 3.80. The van der Waals surface area contributed by atoms with E-state index in [0.717, 1.165) is 10.5 Å². The third-order valence-electron chi connectivity index (χ3n) is 5.26. The Bertz CT molecular complexity index is 1130. The topological polar surface area (TPSA) is 83.6 Å². The van der Waals surface area contributed by atoms with Crippen molar-refractivity contribution in [3.8, 4) is 0 Å². The van der Waals surface area contributed by atoms with Gasteiger partial charge in [0.05, 0.1) is 17.2 Å². The van der Waals surface area contributed by atoms with Crippen LogP contribution >= 0.6 is 47.5 Å². The Morgan fingerprint density at radius 2 is 2.19 bits per heavy atom. The number of thioether (sulfide) groups is 2. The van der Waals surface area contributed by atoms with Crippen LogP contribution in [-0.4, -0.2) is 47.8 Å². The maximum Gasteiger partial charge on any atom is 0.253 e. The highest BCUT2D eigenvalue weighted by atomic mass is 32.2. The van der Waals surface area contributed by atoms with Gasteiger partial charge in [0.15, 0.2) is 0 Å². The first kappa shape index (κ1) is 21.3. The van der Waals surface area contributed by atoms with Crippen LogP contribution in [0, 0.1) is 0 Å². The molecule has 1 saturated heterocycles. The monoisotopic (exact) mass is 508 g/mol. The molecule has 5 rings (SSSR count). The number of hydrogen-bond acceptors (Lipinski definition) is 7. The maximum absolute atomic E-state index is 12.9.